The monoisotopic (exact) mass is 892 g/mol. The normalized spacial score (nSPS) is 14.6. The molecule has 0 saturated heterocycles. The van der Waals surface area contributed by atoms with Crippen molar-refractivity contribution in [3.63, 3.8) is 0 Å². The number of carboxylic acids is 4. The first kappa shape index (κ1) is 64.3. The molecule has 0 aromatic heterocycles. The van der Waals surface area contributed by atoms with Crippen molar-refractivity contribution in [2.75, 3.05) is 0 Å². The number of unbranched alkanes of at least 4 members (excludes halogenated alkanes) is 20. The van der Waals surface area contributed by atoms with Gasteiger partial charge in [0.25, 0.3) is 20.2 Å². The standard InChI is InChI=1S/2C20H38O7S.2Na.2H/c2*1-3-5-7-9-11-13-15-17(18(21)22)20(19(23)24,28(25,26)27)16-14-12-10-8-6-4-2;;;;/h2*17H,3-16H2,1-2H3,(H,21,22)(H,23,24)(H,25,26,27);;;;. The molecule has 0 spiro atoms. The van der Waals surface area contributed by atoms with Gasteiger partial charge in [-0.2, -0.15) is 16.8 Å². The molecular formula is C40H78Na2O14S2. The molecule has 0 aliphatic heterocycles. The first-order valence-electron chi connectivity index (χ1n) is 21.2. The first-order valence-corrected chi connectivity index (χ1v) is 24.0. The van der Waals surface area contributed by atoms with Gasteiger partial charge in [0.1, 0.15) is 0 Å². The van der Waals surface area contributed by atoms with Crippen LogP contribution in [-0.2, 0) is 39.4 Å². The van der Waals surface area contributed by atoms with E-state index in [1.165, 1.54) is 0 Å². The van der Waals surface area contributed by atoms with Crippen LogP contribution in [0.1, 0.15) is 207 Å². The van der Waals surface area contributed by atoms with Crippen LogP contribution in [0.15, 0.2) is 0 Å². The average molecular weight is 893 g/mol. The zero-order chi connectivity index (χ0) is 43.3. The molecule has 0 aliphatic rings. The maximum atomic E-state index is 12.1. The molecule has 0 aliphatic carbocycles. The number of hydrogen-bond acceptors (Lipinski definition) is 8. The van der Waals surface area contributed by atoms with Crippen LogP contribution in [0.5, 0.6) is 0 Å². The fourth-order valence-electron chi connectivity index (χ4n) is 7.40. The molecule has 0 heterocycles. The third kappa shape index (κ3) is 23.8. The number of hydrogen-bond donors (Lipinski definition) is 6. The molecule has 0 bridgehead atoms. The van der Waals surface area contributed by atoms with E-state index in [1.807, 2.05) is 0 Å². The Kier molecular flexibility index (Phi) is 40.2. The summed E-state index contributed by atoms with van der Waals surface area (Å²) >= 11 is 0. The zero-order valence-electron chi connectivity index (χ0n) is 34.7. The van der Waals surface area contributed by atoms with Crippen molar-refractivity contribution in [3.05, 3.63) is 0 Å². The summed E-state index contributed by atoms with van der Waals surface area (Å²) in [4.78, 5) is 47.5. The van der Waals surface area contributed by atoms with Gasteiger partial charge in [0.2, 0.25) is 9.49 Å². The summed E-state index contributed by atoms with van der Waals surface area (Å²) in [5.74, 6) is -9.85. The number of aliphatic carboxylic acids is 4. The van der Waals surface area contributed by atoms with Gasteiger partial charge in [0.05, 0.1) is 11.8 Å². The van der Waals surface area contributed by atoms with Gasteiger partial charge < -0.3 is 20.4 Å². The molecule has 0 rings (SSSR count). The molecule has 58 heavy (non-hydrogen) atoms. The summed E-state index contributed by atoms with van der Waals surface area (Å²) in [6.45, 7) is 8.28. The molecule has 6 N–H and O–H groups in total. The van der Waals surface area contributed by atoms with Crippen LogP contribution in [0.4, 0.5) is 0 Å². The van der Waals surface area contributed by atoms with Gasteiger partial charge in [-0.25, -0.2) is 0 Å². The summed E-state index contributed by atoms with van der Waals surface area (Å²) in [7, 11) is -10.2. The van der Waals surface area contributed by atoms with E-state index in [0.29, 0.717) is 38.5 Å². The Bertz CT molecular complexity index is 1230. The molecular weight excluding hydrogens is 815 g/mol. The van der Waals surface area contributed by atoms with Crippen molar-refractivity contribution < 1.29 is 65.5 Å². The minimum absolute atomic E-state index is 0. The molecule has 0 radical (unpaired) electrons. The van der Waals surface area contributed by atoms with Gasteiger partial charge in [0.15, 0.2) is 0 Å². The third-order valence-electron chi connectivity index (χ3n) is 10.9. The van der Waals surface area contributed by atoms with E-state index in [9.17, 15) is 65.5 Å². The van der Waals surface area contributed by atoms with Crippen LogP contribution in [0.2, 0.25) is 0 Å². The molecule has 18 heteroatoms. The van der Waals surface area contributed by atoms with Crippen molar-refractivity contribution in [2.45, 2.75) is 217 Å². The van der Waals surface area contributed by atoms with E-state index in [2.05, 4.69) is 27.7 Å². The Morgan fingerprint density at radius 1 is 0.397 bits per heavy atom. The predicted molar refractivity (Wildman–Crippen MR) is 232 cm³/mol. The summed E-state index contributed by atoms with van der Waals surface area (Å²) < 4.78 is 62.5. The molecule has 0 fully saturated rings. The van der Waals surface area contributed by atoms with Crippen molar-refractivity contribution in [3.8, 4) is 0 Å². The van der Waals surface area contributed by atoms with Gasteiger partial charge in [-0.3, -0.25) is 28.3 Å². The van der Waals surface area contributed by atoms with Gasteiger partial charge in [-0.05, 0) is 25.7 Å². The Labute approximate surface area is 394 Å². The number of carbonyl (C=O) groups is 4. The molecule has 14 nitrogen and oxygen atoms in total. The molecule has 0 saturated carbocycles. The summed E-state index contributed by atoms with van der Waals surface area (Å²) in [5, 5.41) is 38.6. The van der Waals surface area contributed by atoms with Crippen LogP contribution in [0.3, 0.4) is 0 Å². The Hall–Kier alpha value is -0.300. The van der Waals surface area contributed by atoms with E-state index in [4.69, 9.17) is 0 Å². The summed E-state index contributed by atoms with van der Waals surface area (Å²) in [6.07, 6.45) is 18.9. The van der Waals surface area contributed by atoms with Crippen LogP contribution in [0.25, 0.3) is 0 Å². The number of rotatable bonds is 36. The quantitative estimate of drug-likeness (QED) is 0.0196. The van der Waals surface area contributed by atoms with Crippen LogP contribution < -0.4 is 0 Å². The van der Waals surface area contributed by atoms with Crippen LogP contribution >= 0.6 is 0 Å². The van der Waals surface area contributed by atoms with Crippen molar-refractivity contribution in [1.29, 1.82) is 0 Å². The van der Waals surface area contributed by atoms with Crippen LogP contribution in [0, 0.1) is 11.8 Å². The number of carboxylic acid groups (broad SMARTS) is 4. The fraction of sp³-hybridized carbons (Fsp3) is 0.900. The zero-order valence-corrected chi connectivity index (χ0v) is 36.4. The Morgan fingerprint density at radius 3 is 0.793 bits per heavy atom. The van der Waals surface area contributed by atoms with Crippen LogP contribution in [-0.4, -0.2) is 139 Å². The second-order valence-electron chi connectivity index (χ2n) is 15.3. The Balaban J connectivity index is -0.000000486. The SMILES string of the molecule is CCCCCCCCC(C(=O)O)C(CCCCCCCC)(C(=O)O)S(=O)(=O)O.CCCCCCCCC(C(=O)O)C(CCCCCCCC)(C(=O)O)S(=O)(=O)O.[NaH].[NaH]. The van der Waals surface area contributed by atoms with E-state index in [1.54, 1.807) is 0 Å². The average Bonchev–Trinajstić information content (AvgIpc) is 3.10. The molecule has 336 valence electrons. The van der Waals surface area contributed by atoms with E-state index < -0.39 is 65.4 Å². The first-order chi connectivity index (χ1) is 26.3. The molecule has 0 aromatic rings. The van der Waals surface area contributed by atoms with E-state index in [0.717, 1.165) is 103 Å². The van der Waals surface area contributed by atoms with E-state index in [-0.39, 0.29) is 97.6 Å². The Morgan fingerprint density at radius 2 is 0.603 bits per heavy atom. The molecule has 4 atom stereocenters. The third-order valence-corrected chi connectivity index (χ3v) is 14.0. The molecule has 0 aromatic carbocycles. The van der Waals surface area contributed by atoms with Gasteiger partial charge in [-0.1, -0.05) is 182 Å². The molecule has 0 amide bonds. The summed E-state index contributed by atoms with van der Waals surface area (Å²) in [5.41, 5.74) is 0. The fourth-order valence-corrected chi connectivity index (χ4v) is 9.81. The predicted octanol–water partition coefficient (Wildman–Crippen LogP) is 8.50. The van der Waals surface area contributed by atoms with Crippen molar-refractivity contribution in [2.24, 2.45) is 11.8 Å². The van der Waals surface area contributed by atoms with Gasteiger partial charge >= 0.3 is 83.0 Å². The maximum absolute atomic E-state index is 12.1. The van der Waals surface area contributed by atoms with Gasteiger partial charge in [0, 0.05) is 0 Å². The van der Waals surface area contributed by atoms with Crippen molar-refractivity contribution >= 4 is 103 Å². The second-order valence-corrected chi connectivity index (χ2v) is 18.6. The summed E-state index contributed by atoms with van der Waals surface area (Å²) in [6, 6.07) is 0. The van der Waals surface area contributed by atoms with E-state index >= 15 is 0 Å². The van der Waals surface area contributed by atoms with Gasteiger partial charge in [-0.15, -0.1) is 0 Å². The second kappa shape index (κ2) is 36.2. The molecule has 4 unspecified atom stereocenters. The minimum atomic E-state index is -5.10. The van der Waals surface area contributed by atoms with Crippen molar-refractivity contribution in [1.82, 2.24) is 0 Å². The topological polar surface area (TPSA) is 258 Å².